The fourth-order valence-corrected chi connectivity index (χ4v) is 2.58. The molecule has 2 rings (SSSR count). The second kappa shape index (κ2) is 5.84. The molecule has 0 fully saturated rings. The maximum absolute atomic E-state index is 10.0. The topological polar surface area (TPSA) is 29.5 Å². The molecule has 17 heavy (non-hydrogen) atoms. The van der Waals surface area contributed by atoms with Crippen LogP contribution >= 0.6 is 11.3 Å². The highest BCUT2D eigenvalue weighted by molar-refractivity contribution is 7.10. The lowest BCUT2D eigenvalue weighted by Crippen LogP contribution is -1.97. The van der Waals surface area contributed by atoms with E-state index in [1.165, 1.54) is 5.56 Å². The van der Waals surface area contributed by atoms with E-state index in [-0.39, 0.29) is 0 Å². The molecule has 2 aromatic rings. The summed E-state index contributed by atoms with van der Waals surface area (Å²) < 4.78 is 5.11. The second-order valence-electron chi connectivity index (χ2n) is 3.93. The number of rotatable bonds is 5. The van der Waals surface area contributed by atoms with Gasteiger partial charge in [-0.15, -0.1) is 11.3 Å². The van der Waals surface area contributed by atoms with E-state index in [4.69, 9.17) is 4.74 Å². The Labute approximate surface area is 105 Å². The number of ether oxygens (including phenoxy) is 1. The third kappa shape index (κ3) is 3.32. The van der Waals surface area contributed by atoms with E-state index < -0.39 is 6.10 Å². The fourth-order valence-electron chi connectivity index (χ4n) is 1.71. The van der Waals surface area contributed by atoms with Crippen LogP contribution in [0.25, 0.3) is 0 Å². The van der Waals surface area contributed by atoms with Crippen molar-refractivity contribution in [3.05, 3.63) is 52.2 Å². The molecule has 0 aliphatic heterocycles. The molecule has 0 amide bonds. The second-order valence-corrected chi connectivity index (χ2v) is 4.87. The Hall–Kier alpha value is -1.32. The molecule has 3 heteroatoms. The van der Waals surface area contributed by atoms with Gasteiger partial charge in [-0.05, 0) is 24.5 Å². The van der Waals surface area contributed by atoms with Gasteiger partial charge in [-0.3, -0.25) is 0 Å². The van der Waals surface area contributed by atoms with Crippen LogP contribution in [0.15, 0.2) is 41.8 Å². The molecule has 2 nitrogen and oxygen atoms in total. The third-order valence-corrected chi connectivity index (χ3v) is 3.72. The molecule has 1 aromatic carbocycles. The summed E-state index contributed by atoms with van der Waals surface area (Å²) in [6.07, 6.45) is 1.24. The minimum atomic E-state index is -0.399. The van der Waals surface area contributed by atoms with Crippen molar-refractivity contribution >= 4 is 11.3 Å². The molecule has 1 N–H and O–H groups in total. The molecule has 0 saturated heterocycles. The quantitative estimate of drug-likeness (QED) is 0.878. The summed E-state index contributed by atoms with van der Waals surface area (Å²) in [7, 11) is 1.64. The van der Waals surface area contributed by atoms with E-state index >= 15 is 0 Å². The van der Waals surface area contributed by atoms with Crippen LogP contribution in [-0.2, 0) is 6.42 Å². The molecule has 0 aliphatic carbocycles. The van der Waals surface area contributed by atoms with Gasteiger partial charge in [0.25, 0.3) is 0 Å². The SMILES string of the molecule is COc1csc(C(O)CCc2ccccc2)c1. The number of aliphatic hydroxyl groups excluding tert-OH is 1. The molecule has 90 valence electrons. The van der Waals surface area contributed by atoms with E-state index in [1.54, 1.807) is 18.4 Å². The standard InChI is InChI=1S/C14H16O2S/c1-16-12-9-14(17-10-12)13(15)8-7-11-5-3-2-4-6-11/h2-6,9-10,13,15H,7-8H2,1H3. The first-order valence-electron chi connectivity index (χ1n) is 5.64. The van der Waals surface area contributed by atoms with Gasteiger partial charge in [-0.25, -0.2) is 0 Å². The molecular weight excluding hydrogens is 232 g/mol. The maximum Gasteiger partial charge on any atom is 0.129 e. The first-order valence-corrected chi connectivity index (χ1v) is 6.52. The van der Waals surface area contributed by atoms with Crippen molar-refractivity contribution in [3.8, 4) is 5.75 Å². The van der Waals surface area contributed by atoms with Crippen molar-refractivity contribution in [2.24, 2.45) is 0 Å². The van der Waals surface area contributed by atoms with Crippen LogP contribution < -0.4 is 4.74 Å². The first-order chi connectivity index (χ1) is 8.29. The zero-order chi connectivity index (χ0) is 12.1. The van der Waals surface area contributed by atoms with Gasteiger partial charge in [0.05, 0.1) is 13.2 Å². The Bertz CT molecular complexity index is 450. The van der Waals surface area contributed by atoms with E-state index in [0.717, 1.165) is 23.5 Å². The number of hydrogen-bond acceptors (Lipinski definition) is 3. The molecule has 1 atom stereocenters. The molecule has 0 saturated carbocycles. The van der Waals surface area contributed by atoms with E-state index in [9.17, 15) is 5.11 Å². The number of aliphatic hydroxyl groups is 1. The minimum Gasteiger partial charge on any atom is -0.496 e. The van der Waals surface area contributed by atoms with Crippen LogP contribution in [0.2, 0.25) is 0 Å². The van der Waals surface area contributed by atoms with E-state index in [0.29, 0.717) is 0 Å². The van der Waals surface area contributed by atoms with Crippen LogP contribution in [-0.4, -0.2) is 12.2 Å². The first kappa shape index (κ1) is 12.1. The van der Waals surface area contributed by atoms with Crippen LogP contribution in [0.5, 0.6) is 5.75 Å². The molecule has 0 radical (unpaired) electrons. The lowest BCUT2D eigenvalue weighted by Gasteiger charge is -2.07. The van der Waals surface area contributed by atoms with Gasteiger partial charge in [0.2, 0.25) is 0 Å². The highest BCUT2D eigenvalue weighted by Crippen LogP contribution is 2.29. The third-order valence-electron chi connectivity index (χ3n) is 2.71. The van der Waals surface area contributed by atoms with Crippen molar-refractivity contribution in [2.75, 3.05) is 7.11 Å². The zero-order valence-electron chi connectivity index (χ0n) is 9.80. The highest BCUT2D eigenvalue weighted by atomic mass is 32.1. The van der Waals surface area contributed by atoms with Crippen LogP contribution in [0.3, 0.4) is 0 Å². The van der Waals surface area contributed by atoms with Gasteiger partial charge in [0.1, 0.15) is 5.75 Å². The lowest BCUT2D eigenvalue weighted by molar-refractivity contribution is 0.171. The lowest BCUT2D eigenvalue weighted by atomic mass is 10.1. The summed E-state index contributed by atoms with van der Waals surface area (Å²) in [4.78, 5) is 0.970. The summed E-state index contributed by atoms with van der Waals surface area (Å²) in [6, 6.07) is 12.1. The predicted molar refractivity (Wildman–Crippen MR) is 70.6 cm³/mol. The monoisotopic (exact) mass is 248 g/mol. The largest absolute Gasteiger partial charge is 0.496 e. The van der Waals surface area contributed by atoms with E-state index in [2.05, 4.69) is 12.1 Å². The van der Waals surface area contributed by atoms with Crippen LogP contribution in [0, 0.1) is 0 Å². The summed E-state index contributed by atoms with van der Waals surface area (Å²) in [6.45, 7) is 0. The van der Waals surface area contributed by atoms with Crippen LogP contribution in [0.4, 0.5) is 0 Å². The number of hydrogen-bond donors (Lipinski definition) is 1. The Morgan fingerprint density at radius 1 is 1.29 bits per heavy atom. The number of aryl methyl sites for hydroxylation is 1. The van der Waals surface area contributed by atoms with Crippen molar-refractivity contribution in [3.63, 3.8) is 0 Å². The number of benzene rings is 1. The van der Waals surface area contributed by atoms with E-state index in [1.807, 2.05) is 29.6 Å². The average Bonchev–Trinajstić information content (AvgIpc) is 2.86. The van der Waals surface area contributed by atoms with Crippen LogP contribution in [0.1, 0.15) is 23.0 Å². The average molecular weight is 248 g/mol. The van der Waals surface area contributed by atoms with Gasteiger partial charge in [-0.2, -0.15) is 0 Å². The Morgan fingerprint density at radius 3 is 2.71 bits per heavy atom. The summed E-state index contributed by atoms with van der Waals surface area (Å²) >= 11 is 1.54. The fraction of sp³-hybridized carbons (Fsp3) is 0.286. The Balaban J connectivity index is 1.91. The minimum absolute atomic E-state index is 0.399. The Kier molecular flexibility index (Phi) is 4.18. The highest BCUT2D eigenvalue weighted by Gasteiger charge is 2.10. The summed E-state index contributed by atoms with van der Waals surface area (Å²) in [5.41, 5.74) is 1.26. The maximum atomic E-state index is 10.0. The molecule has 1 aromatic heterocycles. The zero-order valence-corrected chi connectivity index (χ0v) is 10.6. The number of thiophene rings is 1. The van der Waals surface area contributed by atoms with Gasteiger partial charge in [0, 0.05) is 10.3 Å². The van der Waals surface area contributed by atoms with Gasteiger partial charge in [-0.1, -0.05) is 30.3 Å². The van der Waals surface area contributed by atoms with Crippen molar-refractivity contribution < 1.29 is 9.84 Å². The van der Waals surface area contributed by atoms with Crippen molar-refractivity contribution in [2.45, 2.75) is 18.9 Å². The molecular formula is C14H16O2S. The molecule has 1 unspecified atom stereocenters. The molecule has 0 aliphatic rings. The van der Waals surface area contributed by atoms with Gasteiger partial charge >= 0.3 is 0 Å². The van der Waals surface area contributed by atoms with Gasteiger partial charge in [0.15, 0.2) is 0 Å². The van der Waals surface area contributed by atoms with Crippen molar-refractivity contribution in [1.29, 1.82) is 0 Å². The normalized spacial score (nSPS) is 12.4. The van der Waals surface area contributed by atoms with Gasteiger partial charge < -0.3 is 9.84 Å². The summed E-state index contributed by atoms with van der Waals surface area (Å²) in [5, 5.41) is 12.0. The Morgan fingerprint density at radius 2 is 2.06 bits per heavy atom. The predicted octanol–water partition coefficient (Wildman–Crippen LogP) is 3.42. The molecule has 1 heterocycles. The summed E-state index contributed by atoms with van der Waals surface area (Å²) in [5.74, 6) is 0.823. The number of methoxy groups -OCH3 is 1. The smallest absolute Gasteiger partial charge is 0.129 e. The van der Waals surface area contributed by atoms with Crippen molar-refractivity contribution in [1.82, 2.24) is 0 Å². The molecule has 0 bridgehead atoms. The molecule has 0 spiro atoms.